The number of rotatable bonds is 11. The lowest BCUT2D eigenvalue weighted by molar-refractivity contribution is 0.0390. The van der Waals surface area contributed by atoms with E-state index in [0.717, 1.165) is 25.7 Å². The Kier molecular flexibility index (Phi) is 9.85. The Morgan fingerprint density at radius 1 is 1.06 bits per heavy atom. The van der Waals surface area contributed by atoms with E-state index in [1.807, 2.05) is 23.1 Å². The van der Waals surface area contributed by atoms with Crippen molar-refractivity contribution >= 4 is 12.2 Å². The number of nitrogens with one attached hydrogen (secondary N) is 1. The third-order valence-corrected chi connectivity index (χ3v) is 6.33. The number of amides is 2. The maximum Gasteiger partial charge on any atom is 0.415 e. The fourth-order valence-electron chi connectivity index (χ4n) is 5.46. The highest BCUT2D eigenvalue weighted by Crippen LogP contribution is 2.46. The van der Waals surface area contributed by atoms with Crippen molar-refractivity contribution in [2.75, 3.05) is 13.1 Å². The molecule has 0 spiro atoms. The lowest BCUT2D eigenvalue weighted by Gasteiger charge is -2.48. The van der Waals surface area contributed by atoms with Crippen molar-refractivity contribution in [2.24, 2.45) is 10.8 Å². The van der Waals surface area contributed by atoms with Gasteiger partial charge in [-0.25, -0.2) is 9.59 Å². The Balaban J connectivity index is 2.08. The standard InChI is InChI=1S/C26H42N2O4/c1-5-6-7-8-9-13-16-28(24(31)32-22-14-11-10-12-15-22)20-26(4)18-21(27-23(29)30)17-25(2,3)19-26/h10-12,14-15,21,27H,5-9,13,16-20H2,1-4H3,(H,29,30). The number of unbranched alkanes of at least 4 members (excludes halogenated alkanes) is 5. The number of carbonyl (C=O) groups is 2. The molecule has 0 bridgehead atoms. The predicted octanol–water partition coefficient (Wildman–Crippen LogP) is 6.70. The van der Waals surface area contributed by atoms with Crippen LogP contribution in [0.15, 0.2) is 30.3 Å². The van der Waals surface area contributed by atoms with Crippen LogP contribution in [0.1, 0.15) is 85.5 Å². The van der Waals surface area contributed by atoms with Gasteiger partial charge in [-0.3, -0.25) is 0 Å². The molecule has 2 N–H and O–H groups in total. The van der Waals surface area contributed by atoms with Gasteiger partial charge >= 0.3 is 12.2 Å². The molecule has 1 aliphatic carbocycles. The molecule has 1 aromatic carbocycles. The quantitative estimate of drug-likeness (QED) is 0.371. The molecular weight excluding hydrogens is 404 g/mol. The topological polar surface area (TPSA) is 78.9 Å². The molecule has 0 aliphatic heterocycles. The zero-order valence-corrected chi connectivity index (χ0v) is 20.4. The average Bonchev–Trinajstić information content (AvgIpc) is 2.68. The van der Waals surface area contributed by atoms with Gasteiger partial charge in [-0.15, -0.1) is 0 Å². The van der Waals surface area contributed by atoms with Crippen LogP contribution in [0.3, 0.4) is 0 Å². The first-order valence-corrected chi connectivity index (χ1v) is 12.1. The van der Waals surface area contributed by atoms with E-state index in [0.29, 0.717) is 25.3 Å². The maximum absolute atomic E-state index is 13.1. The Bertz CT molecular complexity index is 722. The summed E-state index contributed by atoms with van der Waals surface area (Å²) in [4.78, 5) is 26.2. The predicted molar refractivity (Wildman–Crippen MR) is 128 cm³/mol. The lowest BCUT2D eigenvalue weighted by Crippen LogP contribution is -2.51. The molecule has 1 aromatic rings. The van der Waals surface area contributed by atoms with E-state index in [1.165, 1.54) is 25.7 Å². The van der Waals surface area contributed by atoms with E-state index < -0.39 is 6.09 Å². The second-order valence-electron chi connectivity index (χ2n) is 10.6. The summed E-state index contributed by atoms with van der Waals surface area (Å²) in [6.07, 6.45) is 8.09. The number of carbonyl (C=O) groups excluding carboxylic acids is 1. The molecule has 6 nitrogen and oxygen atoms in total. The van der Waals surface area contributed by atoms with Crippen LogP contribution in [0.5, 0.6) is 5.75 Å². The number of hydrogen-bond donors (Lipinski definition) is 2. The second-order valence-corrected chi connectivity index (χ2v) is 10.6. The van der Waals surface area contributed by atoms with Crippen molar-refractivity contribution in [3.8, 4) is 5.75 Å². The van der Waals surface area contributed by atoms with Crippen molar-refractivity contribution in [1.29, 1.82) is 0 Å². The van der Waals surface area contributed by atoms with Gasteiger partial charge in [-0.1, -0.05) is 78.0 Å². The summed E-state index contributed by atoms with van der Waals surface area (Å²) in [5.74, 6) is 0.546. The molecule has 0 saturated heterocycles. The highest BCUT2D eigenvalue weighted by atomic mass is 16.6. The molecule has 2 unspecified atom stereocenters. The van der Waals surface area contributed by atoms with Gasteiger partial charge < -0.3 is 20.1 Å². The van der Waals surface area contributed by atoms with Crippen molar-refractivity contribution in [3.05, 3.63) is 30.3 Å². The third kappa shape index (κ3) is 9.09. The van der Waals surface area contributed by atoms with Crippen LogP contribution in [0.25, 0.3) is 0 Å². The Labute approximate surface area is 193 Å². The van der Waals surface area contributed by atoms with E-state index in [1.54, 1.807) is 12.1 Å². The van der Waals surface area contributed by atoms with Gasteiger partial charge in [0.1, 0.15) is 5.75 Å². The van der Waals surface area contributed by atoms with Gasteiger partial charge in [0.05, 0.1) is 0 Å². The molecule has 2 atom stereocenters. The highest BCUT2D eigenvalue weighted by Gasteiger charge is 2.43. The summed E-state index contributed by atoms with van der Waals surface area (Å²) in [7, 11) is 0. The summed E-state index contributed by atoms with van der Waals surface area (Å²) in [5, 5.41) is 11.9. The molecule has 2 rings (SSSR count). The normalized spacial score (nSPS) is 22.2. The molecule has 1 aliphatic rings. The van der Waals surface area contributed by atoms with E-state index in [-0.39, 0.29) is 23.0 Å². The molecule has 180 valence electrons. The minimum Gasteiger partial charge on any atom is -0.465 e. The number of nitrogens with zero attached hydrogens (tertiary/aromatic N) is 1. The average molecular weight is 447 g/mol. The number of benzene rings is 1. The lowest BCUT2D eigenvalue weighted by atomic mass is 9.62. The molecule has 2 amide bonds. The smallest absolute Gasteiger partial charge is 0.415 e. The summed E-state index contributed by atoms with van der Waals surface area (Å²) >= 11 is 0. The van der Waals surface area contributed by atoms with Gasteiger partial charge in [0.15, 0.2) is 0 Å². The van der Waals surface area contributed by atoms with Gasteiger partial charge in [-0.05, 0) is 48.6 Å². The summed E-state index contributed by atoms with van der Waals surface area (Å²) in [5.41, 5.74) is -0.192. The molecular formula is C26H42N2O4. The number of hydrogen-bond acceptors (Lipinski definition) is 3. The van der Waals surface area contributed by atoms with E-state index in [4.69, 9.17) is 4.74 Å². The molecule has 1 fully saturated rings. The number of para-hydroxylation sites is 1. The van der Waals surface area contributed by atoms with Crippen molar-refractivity contribution in [2.45, 2.75) is 91.5 Å². The summed E-state index contributed by atoms with van der Waals surface area (Å²) in [6.45, 7) is 9.97. The van der Waals surface area contributed by atoms with Crippen LogP contribution in [0.2, 0.25) is 0 Å². The fraction of sp³-hybridized carbons (Fsp3) is 0.692. The summed E-state index contributed by atoms with van der Waals surface area (Å²) < 4.78 is 5.68. The number of carboxylic acid groups (broad SMARTS) is 1. The largest absolute Gasteiger partial charge is 0.465 e. The first-order chi connectivity index (χ1) is 15.1. The fourth-order valence-corrected chi connectivity index (χ4v) is 5.46. The zero-order chi connectivity index (χ0) is 23.6. The second kappa shape index (κ2) is 12.1. The molecule has 6 heteroatoms. The molecule has 1 saturated carbocycles. The van der Waals surface area contributed by atoms with Crippen LogP contribution in [0.4, 0.5) is 9.59 Å². The van der Waals surface area contributed by atoms with Crippen LogP contribution in [-0.2, 0) is 0 Å². The SMILES string of the molecule is CCCCCCCCN(CC1(C)CC(NC(=O)O)CC(C)(C)C1)C(=O)Oc1ccccc1. The third-order valence-electron chi connectivity index (χ3n) is 6.33. The van der Waals surface area contributed by atoms with E-state index in [2.05, 4.69) is 33.0 Å². The minimum atomic E-state index is -0.984. The van der Waals surface area contributed by atoms with Crippen LogP contribution in [0, 0.1) is 10.8 Å². The maximum atomic E-state index is 13.1. The van der Waals surface area contributed by atoms with Crippen molar-refractivity contribution < 1.29 is 19.4 Å². The molecule has 32 heavy (non-hydrogen) atoms. The Morgan fingerprint density at radius 2 is 1.72 bits per heavy atom. The summed E-state index contributed by atoms with van der Waals surface area (Å²) in [6, 6.07) is 9.08. The van der Waals surface area contributed by atoms with Crippen molar-refractivity contribution in [1.82, 2.24) is 10.2 Å². The molecule has 0 radical (unpaired) electrons. The minimum absolute atomic E-state index is 0.00469. The van der Waals surface area contributed by atoms with Gasteiger partial charge in [0.25, 0.3) is 0 Å². The monoisotopic (exact) mass is 446 g/mol. The zero-order valence-electron chi connectivity index (χ0n) is 20.4. The number of ether oxygens (including phenoxy) is 1. The van der Waals surface area contributed by atoms with E-state index >= 15 is 0 Å². The van der Waals surface area contributed by atoms with Gasteiger partial charge in [-0.2, -0.15) is 0 Å². The van der Waals surface area contributed by atoms with Gasteiger partial charge in [0.2, 0.25) is 0 Å². The van der Waals surface area contributed by atoms with Gasteiger partial charge in [0, 0.05) is 19.1 Å². The Morgan fingerprint density at radius 3 is 2.38 bits per heavy atom. The molecule has 0 heterocycles. The van der Waals surface area contributed by atoms with Crippen LogP contribution in [-0.4, -0.2) is 41.3 Å². The Hall–Kier alpha value is -2.24. The van der Waals surface area contributed by atoms with Crippen molar-refractivity contribution in [3.63, 3.8) is 0 Å². The first-order valence-electron chi connectivity index (χ1n) is 12.1. The first kappa shape index (κ1) is 26.0. The highest BCUT2D eigenvalue weighted by molar-refractivity contribution is 5.70. The van der Waals surface area contributed by atoms with Crippen LogP contribution < -0.4 is 10.1 Å². The molecule has 0 aromatic heterocycles. The van der Waals surface area contributed by atoms with Crippen LogP contribution >= 0.6 is 0 Å². The van der Waals surface area contributed by atoms with E-state index in [9.17, 15) is 14.7 Å².